The van der Waals surface area contributed by atoms with E-state index in [1.165, 1.54) is 5.56 Å². The normalized spacial score (nSPS) is 10.4. The highest BCUT2D eigenvalue weighted by molar-refractivity contribution is 5.88. The van der Waals surface area contributed by atoms with E-state index >= 15 is 0 Å². The molecule has 5 heteroatoms. The Balaban J connectivity index is 1.66. The van der Waals surface area contributed by atoms with Gasteiger partial charge in [-0.25, -0.2) is 4.79 Å². The number of benzene rings is 3. The van der Waals surface area contributed by atoms with Crippen molar-refractivity contribution in [3.63, 3.8) is 0 Å². The highest BCUT2D eigenvalue weighted by atomic mass is 16.5. The highest BCUT2D eigenvalue weighted by Crippen LogP contribution is 2.30. The minimum atomic E-state index is -0.931. The second-order valence-corrected chi connectivity index (χ2v) is 6.67. The summed E-state index contributed by atoms with van der Waals surface area (Å²) in [4.78, 5) is 10.9. The van der Waals surface area contributed by atoms with Crippen molar-refractivity contribution >= 4 is 11.7 Å². The standard InChI is InChI=1S/C24H25NO4/c1-3-28-23-14-18(15-25-21-11-9-19(10-12-21)24(26)27)8-13-22(23)29-16-20-7-5-4-6-17(20)2/h4-14,25H,3,15-16H2,1-2H3,(H,26,27). The van der Waals surface area contributed by atoms with Gasteiger partial charge in [-0.2, -0.15) is 0 Å². The summed E-state index contributed by atoms with van der Waals surface area (Å²) >= 11 is 0. The lowest BCUT2D eigenvalue weighted by Crippen LogP contribution is -2.04. The molecule has 0 aliphatic carbocycles. The number of hydrogen-bond acceptors (Lipinski definition) is 4. The first-order valence-electron chi connectivity index (χ1n) is 9.57. The molecule has 0 radical (unpaired) electrons. The number of carbonyl (C=O) groups is 1. The van der Waals surface area contributed by atoms with E-state index in [1.807, 2.05) is 37.3 Å². The molecule has 3 aromatic rings. The van der Waals surface area contributed by atoms with E-state index in [-0.39, 0.29) is 5.56 Å². The van der Waals surface area contributed by atoms with E-state index in [2.05, 4.69) is 24.4 Å². The Bertz CT molecular complexity index is 967. The van der Waals surface area contributed by atoms with Crippen molar-refractivity contribution in [3.8, 4) is 11.5 Å². The zero-order chi connectivity index (χ0) is 20.6. The molecule has 0 amide bonds. The maximum Gasteiger partial charge on any atom is 0.335 e. The zero-order valence-electron chi connectivity index (χ0n) is 16.6. The predicted molar refractivity (Wildman–Crippen MR) is 114 cm³/mol. The van der Waals surface area contributed by atoms with Gasteiger partial charge in [0.05, 0.1) is 12.2 Å². The van der Waals surface area contributed by atoms with Gasteiger partial charge in [-0.15, -0.1) is 0 Å². The van der Waals surface area contributed by atoms with E-state index in [0.717, 1.165) is 16.8 Å². The summed E-state index contributed by atoms with van der Waals surface area (Å²) in [6.45, 7) is 5.64. The van der Waals surface area contributed by atoms with Crippen LogP contribution in [0.2, 0.25) is 0 Å². The summed E-state index contributed by atoms with van der Waals surface area (Å²) in [5.41, 5.74) is 4.50. The minimum absolute atomic E-state index is 0.268. The Kier molecular flexibility index (Phi) is 6.74. The molecule has 3 rings (SSSR count). The number of carboxylic acids is 1. The maximum absolute atomic E-state index is 10.9. The van der Waals surface area contributed by atoms with Crippen molar-refractivity contribution in [1.82, 2.24) is 0 Å². The molecule has 5 nitrogen and oxygen atoms in total. The van der Waals surface area contributed by atoms with Gasteiger partial charge in [0.25, 0.3) is 0 Å². The molecule has 29 heavy (non-hydrogen) atoms. The average molecular weight is 391 g/mol. The lowest BCUT2D eigenvalue weighted by Gasteiger charge is -2.15. The molecule has 0 heterocycles. The van der Waals surface area contributed by atoms with Gasteiger partial charge in [0.15, 0.2) is 11.5 Å². The van der Waals surface area contributed by atoms with Crippen LogP contribution in [0, 0.1) is 6.92 Å². The molecule has 150 valence electrons. The molecule has 0 aliphatic heterocycles. The predicted octanol–water partition coefficient (Wildman–Crippen LogP) is 5.28. The van der Waals surface area contributed by atoms with Gasteiger partial charge < -0.3 is 19.9 Å². The number of carboxylic acid groups (broad SMARTS) is 1. The van der Waals surface area contributed by atoms with Crippen molar-refractivity contribution in [3.05, 3.63) is 89.0 Å². The van der Waals surface area contributed by atoms with Crippen LogP contribution in [0.15, 0.2) is 66.7 Å². The maximum atomic E-state index is 10.9. The van der Waals surface area contributed by atoms with E-state index < -0.39 is 5.97 Å². The third kappa shape index (κ3) is 5.51. The van der Waals surface area contributed by atoms with Crippen molar-refractivity contribution in [2.24, 2.45) is 0 Å². The second kappa shape index (κ2) is 9.64. The summed E-state index contributed by atoms with van der Waals surface area (Å²) in [7, 11) is 0. The van der Waals surface area contributed by atoms with Gasteiger partial charge in [0.1, 0.15) is 6.61 Å². The first-order valence-corrected chi connectivity index (χ1v) is 9.57. The monoisotopic (exact) mass is 391 g/mol. The number of ether oxygens (including phenoxy) is 2. The van der Waals surface area contributed by atoms with Crippen LogP contribution in [0.3, 0.4) is 0 Å². The second-order valence-electron chi connectivity index (χ2n) is 6.67. The Morgan fingerprint density at radius 1 is 0.966 bits per heavy atom. The number of aromatic carboxylic acids is 1. The van der Waals surface area contributed by atoms with Crippen LogP contribution >= 0.6 is 0 Å². The van der Waals surface area contributed by atoms with E-state index in [1.54, 1.807) is 24.3 Å². The molecule has 0 spiro atoms. The van der Waals surface area contributed by atoms with Gasteiger partial charge in [-0.05, 0) is 66.9 Å². The molecule has 0 aromatic heterocycles. The Labute approximate surface area is 170 Å². The van der Waals surface area contributed by atoms with Crippen molar-refractivity contribution in [2.75, 3.05) is 11.9 Å². The number of aryl methyl sites for hydroxylation is 1. The number of nitrogens with one attached hydrogen (secondary N) is 1. The van der Waals surface area contributed by atoms with E-state index in [0.29, 0.717) is 31.3 Å². The molecule has 3 aromatic carbocycles. The molecule has 0 atom stereocenters. The number of anilines is 1. The lowest BCUT2D eigenvalue weighted by atomic mass is 10.1. The molecule has 0 aliphatic rings. The fraction of sp³-hybridized carbons (Fsp3) is 0.208. The smallest absolute Gasteiger partial charge is 0.335 e. The van der Waals surface area contributed by atoms with E-state index in [9.17, 15) is 4.79 Å². The summed E-state index contributed by atoms with van der Waals surface area (Å²) in [6.07, 6.45) is 0. The Morgan fingerprint density at radius 3 is 2.41 bits per heavy atom. The molecular weight excluding hydrogens is 366 g/mol. The molecule has 0 bridgehead atoms. The molecule has 0 saturated carbocycles. The molecule has 0 saturated heterocycles. The third-order valence-electron chi connectivity index (χ3n) is 4.58. The quantitative estimate of drug-likeness (QED) is 0.519. The first kappa shape index (κ1) is 20.3. The number of hydrogen-bond donors (Lipinski definition) is 2. The SMILES string of the molecule is CCOc1cc(CNc2ccc(C(=O)O)cc2)ccc1OCc1ccccc1C. The van der Waals surface area contributed by atoms with Gasteiger partial charge >= 0.3 is 5.97 Å². The van der Waals surface area contributed by atoms with E-state index in [4.69, 9.17) is 14.6 Å². The van der Waals surface area contributed by atoms with Crippen LogP contribution in [0.1, 0.15) is 34.0 Å². The van der Waals surface area contributed by atoms with Gasteiger partial charge in [-0.1, -0.05) is 30.3 Å². The molecular formula is C24H25NO4. The third-order valence-corrected chi connectivity index (χ3v) is 4.58. The van der Waals surface area contributed by atoms with Gasteiger partial charge in [-0.3, -0.25) is 0 Å². The Hall–Kier alpha value is -3.47. The van der Waals surface area contributed by atoms with Crippen LogP contribution < -0.4 is 14.8 Å². The van der Waals surface area contributed by atoms with Crippen molar-refractivity contribution in [2.45, 2.75) is 27.0 Å². The van der Waals surface area contributed by atoms with Crippen molar-refractivity contribution < 1.29 is 19.4 Å². The van der Waals surface area contributed by atoms with Crippen LogP contribution in [0.5, 0.6) is 11.5 Å². The summed E-state index contributed by atoms with van der Waals surface area (Å²) in [5, 5.41) is 12.3. The first-order chi connectivity index (χ1) is 14.1. The van der Waals surface area contributed by atoms with Crippen LogP contribution in [0.4, 0.5) is 5.69 Å². The Morgan fingerprint density at radius 2 is 1.72 bits per heavy atom. The zero-order valence-corrected chi connectivity index (χ0v) is 16.6. The average Bonchev–Trinajstić information content (AvgIpc) is 2.73. The molecule has 0 unspecified atom stereocenters. The minimum Gasteiger partial charge on any atom is -0.490 e. The largest absolute Gasteiger partial charge is 0.490 e. The molecule has 2 N–H and O–H groups in total. The van der Waals surface area contributed by atoms with Gasteiger partial charge in [0.2, 0.25) is 0 Å². The van der Waals surface area contributed by atoms with Crippen LogP contribution in [-0.2, 0) is 13.2 Å². The van der Waals surface area contributed by atoms with Crippen LogP contribution in [0.25, 0.3) is 0 Å². The fourth-order valence-corrected chi connectivity index (χ4v) is 2.91. The fourth-order valence-electron chi connectivity index (χ4n) is 2.91. The lowest BCUT2D eigenvalue weighted by molar-refractivity contribution is 0.0697. The summed E-state index contributed by atoms with van der Waals surface area (Å²) < 4.78 is 11.8. The van der Waals surface area contributed by atoms with Crippen molar-refractivity contribution in [1.29, 1.82) is 0 Å². The summed E-state index contributed by atoms with van der Waals surface area (Å²) in [6, 6.07) is 20.7. The molecule has 0 fully saturated rings. The highest BCUT2D eigenvalue weighted by Gasteiger charge is 2.08. The number of rotatable bonds is 9. The van der Waals surface area contributed by atoms with Crippen LogP contribution in [-0.4, -0.2) is 17.7 Å². The van der Waals surface area contributed by atoms with Gasteiger partial charge in [0, 0.05) is 12.2 Å². The topological polar surface area (TPSA) is 67.8 Å². The summed E-state index contributed by atoms with van der Waals surface area (Å²) in [5.74, 6) is 0.491.